The van der Waals surface area contributed by atoms with Crippen LogP contribution in [-0.2, 0) is 11.2 Å². The van der Waals surface area contributed by atoms with Crippen LogP contribution in [0.3, 0.4) is 0 Å². The van der Waals surface area contributed by atoms with Gasteiger partial charge in [-0.15, -0.1) is 0 Å². The number of aryl methyl sites for hydroxylation is 1. The quantitative estimate of drug-likeness (QED) is 0.810. The van der Waals surface area contributed by atoms with E-state index in [1.807, 2.05) is 41.0 Å². The lowest BCUT2D eigenvalue weighted by Crippen LogP contribution is -2.56. The molecule has 0 aromatic heterocycles. The molecule has 0 saturated carbocycles. The van der Waals surface area contributed by atoms with Crippen molar-refractivity contribution in [2.24, 2.45) is 0 Å². The maximum atomic E-state index is 12.7. The number of hydrogen-bond donors (Lipinski definition) is 1. The highest BCUT2D eigenvalue weighted by Crippen LogP contribution is 2.33. The summed E-state index contributed by atoms with van der Waals surface area (Å²) in [6.07, 6.45) is 0.923. The molecule has 0 spiro atoms. The number of nitrogens with zero attached hydrogens (tertiary/aromatic N) is 2. The Morgan fingerprint density at radius 3 is 2.85 bits per heavy atom. The van der Waals surface area contributed by atoms with E-state index in [-0.39, 0.29) is 11.9 Å². The van der Waals surface area contributed by atoms with Gasteiger partial charge in [-0.2, -0.15) is 0 Å². The first-order chi connectivity index (χ1) is 13.1. The molecular weight excluding hydrogens is 358 g/mol. The van der Waals surface area contributed by atoms with E-state index >= 15 is 0 Å². The number of hydrogen-bond acceptors (Lipinski definition) is 3. The molecular formula is C21H23N3O2S. The number of carbonyl (C=O) groups is 1. The van der Waals surface area contributed by atoms with Crippen molar-refractivity contribution in [3.8, 4) is 5.75 Å². The third kappa shape index (κ3) is 3.37. The van der Waals surface area contributed by atoms with Gasteiger partial charge in [-0.05, 0) is 60.5 Å². The number of amides is 1. The van der Waals surface area contributed by atoms with Crippen LogP contribution in [0.2, 0.25) is 0 Å². The summed E-state index contributed by atoms with van der Waals surface area (Å²) in [7, 11) is 1.65. The topological polar surface area (TPSA) is 44.8 Å². The first-order valence-corrected chi connectivity index (χ1v) is 9.55. The minimum atomic E-state index is 0.0629. The predicted molar refractivity (Wildman–Crippen MR) is 110 cm³/mol. The monoisotopic (exact) mass is 381 g/mol. The SMILES string of the molecule is COc1ccc(NC(=S)N2CC(=O)N3CCc4ccccc4[C@H]3C2)c(C)c1. The molecule has 27 heavy (non-hydrogen) atoms. The Hall–Kier alpha value is -2.60. The molecule has 1 saturated heterocycles. The van der Waals surface area contributed by atoms with Crippen LogP contribution in [0.4, 0.5) is 5.69 Å². The number of carbonyl (C=O) groups excluding carboxylic acids is 1. The number of rotatable bonds is 2. The van der Waals surface area contributed by atoms with Crippen LogP contribution < -0.4 is 10.1 Å². The fraction of sp³-hybridized carbons (Fsp3) is 0.333. The zero-order valence-corrected chi connectivity index (χ0v) is 16.4. The Kier molecular flexibility index (Phi) is 4.74. The summed E-state index contributed by atoms with van der Waals surface area (Å²) in [5, 5.41) is 3.89. The van der Waals surface area contributed by atoms with E-state index < -0.39 is 0 Å². The van der Waals surface area contributed by atoms with Gasteiger partial charge >= 0.3 is 0 Å². The van der Waals surface area contributed by atoms with Gasteiger partial charge in [-0.1, -0.05) is 24.3 Å². The number of fused-ring (bicyclic) bond motifs is 3. The number of nitrogens with one attached hydrogen (secondary N) is 1. The highest BCUT2D eigenvalue weighted by molar-refractivity contribution is 7.80. The molecule has 1 amide bonds. The van der Waals surface area contributed by atoms with Crippen molar-refractivity contribution in [1.29, 1.82) is 0 Å². The van der Waals surface area contributed by atoms with E-state index in [1.54, 1.807) is 7.11 Å². The second-order valence-electron chi connectivity index (χ2n) is 7.04. The first kappa shape index (κ1) is 17.8. The molecule has 140 valence electrons. The average molecular weight is 382 g/mol. The van der Waals surface area contributed by atoms with Gasteiger partial charge < -0.3 is 19.9 Å². The lowest BCUT2D eigenvalue weighted by atomic mass is 9.91. The van der Waals surface area contributed by atoms with Gasteiger partial charge in [-0.3, -0.25) is 4.79 Å². The predicted octanol–water partition coefficient (Wildman–Crippen LogP) is 3.14. The van der Waals surface area contributed by atoms with Crippen LogP contribution in [0.5, 0.6) is 5.75 Å². The molecule has 2 aliphatic rings. The van der Waals surface area contributed by atoms with E-state index in [0.717, 1.165) is 30.0 Å². The Morgan fingerprint density at radius 2 is 2.07 bits per heavy atom. The van der Waals surface area contributed by atoms with Gasteiger partial charge in [-0.25, -0.2) is 0 Å². The van der Waals surface area contributed by atoms with Crippen LogP contribution in [0.1, 0.15) is 22.7 Å². The van der Waals surface area contributed by atoms with Gasteiger partial charge in [0.25, 0.3) is 0 Å². The lowest BCUT2D eigenvalue weighted by molar-refractivity contribution is -0.138. The molecule has 0 bridgehead atoms. The standard InChI is InChI=1S/C21H23N3O2S/c1-14-11-16(26-2)7-8-18(14)22-21(27)23-12-19-17-6-4-3-5-15(17)9-10-24(19)20(25)13-23/h3-8,11,19H,9-10,12-13H2,1-2H3,(H,22,27)/t19-/m1/s1. The smallest absolute Gasteiger partial charge is 0.242 e. The lowest BCUT2D eigenvalue weighted by Gasteiger charge is -2.45. The molecule has 4 rings (SSSR count). The zero-order valence-electron chi connectivity index (χ0n) is 15.6. The van der Waals surface area contributed by atoms with Crippen LogP contribution in [0.15, 0.2) is 42.5 Å². The van der Waals surface area contributed by atoms with Crippen molar-refractivity contribution in [3.63, 3.8) is 0 Å². The number of anilines is 1. The molecule has 5 nitrogen and oxygen atoms in total. The van der Waals surface area contributed by atoms with Gasteiger partial charge in [0.2, 0.25) is 5.91 Å². The van der Waals surface area contributed by atoms with Gasteiger partial charge in [0.05, 0.1) is 19.7 Å². The Bertz CT molecular complexity index is 899. The zero-order chi connectivity index (χ0) is 19.0. The van der Waals surface area contributed by atoms with Crippen LogP contribution in [0, 0.1) is 6.92 Å². The van der Waals surface area contributed by atoms with Crippen molar-refractivity contribution >= 4 is 28.9 Å². The highest BCUT2D eigenvalue weighted by atomic mass is 32.1. The van der Waals surface area contributed by atoms with E-state index in [0.29, 0.717) is 18.2 Å². The Morgan fingerprint density at radius 1 is 1.26 bits per heavy atom. The summed E-state index contributed by atoms with van der Waals surface area (Å²) in [6.45, 7) is 3.82. The second-order valence-corrected chi connectivity index (χ2v) is 7.43. The van der Waals surface area contributed by atoms with Crippen molar-refractivity contribution in [1.82, 2.24) is 9.80 Å². The molecule has 0 aliphatic carbocycles. The van der Waals surface area contributed by atoms with E-state index in [9.17, 15) is 4.79 Å². The summed E-state index contributed by atoms with van der Waals surface area (Å²) in [5.41, 5.74) is 4.55. The van der Waals surface area contributed by atoms with Crippen molar-refractivity contribution in [2.45, 2.75) is 19.4 Å². The Labute approximate surface area is 164 Å². The van der Waals surface area contributed by atoms with Crippen LogP contribution >= 0.6 is 12.2 Å². The van der Waals surface area contributed by atoms with Crippen molar-refractivity contribution in [2.75, 3.05) is 32.1 Å². The molecule has 0 radical (unpaired) electrons. The summed E-state index contributed by atoms with van der Waals surface area (Å²) in [6, 6.07) is 14.3. The normalized spacial score (nSPS) is 18.6. The maximum Gasteiger partial charge on any atom is 0.242 e. The first-order valence-electron chi connectivity index (χ1n) is 9.14. The van der Waals surface area contributed by atoms with Gasteiger partial charge in [0, 0.05) is 18.8 Å². The molecule has 2 aromatic carbocycles. The largest absolute Gasteiger partial charge is 0.497 e. The average Bonchev–Trinajstić information content (AvgIpc) is 2.69. The number of thiocarbonyl (C=S) groups is 1. The maximum absolute atomic E-state index is 12.7. The van der Waals surface area contributed by atoms with Crippen LogP contribution in [-0.4, -0.2) is 47.6 Å². The molecule has 2 heterocycles. The van der Waals surface area contributed by atoms with Crippen molar-refractivity contribution < 1.29 is 9.53 Å². The molecule has 1 atom stereocenters. The minimum Gasteiger partial charge on any atom is -0.497 e. The molecule has 1 N–H and O–H groups in total. The number of benzene rings is 2. The highest BCUT2D eigenvalue weighted by Gasteiger charge is 2.37. The third-order valence-electron chi connectivity index (χ3n) is 5.41. The molecule has 1 fully saturated rings. The number of piperazine rings is 1. The Balaban J connectivity index is 1.53. The minimum absolute atomic E-state index is 0.0629. The molecule has 2 aliphatic heterocycles. The summed E-state index contributed by atoms with van der Waals surface area (Å²) in [4.78, 5) is 16.7. The molecule has 6 heteroatoms. The summed E-state index contributed by atoms with van der Waals surface area (Å²) < 4.78 is 5.26. The fourth-order valence-electron chi connectivity index (χ4n) is 3.93. The van der Waals surface area contributed by atoms with E-state index in [4.69, 9.17) is 17.0 Å². The van der Waals surface area contributed by atoms with Gasteiger partial charge in [0.15, 0.2) is 5.11 Å². The van der Waals surface area contributed by atoms with Gasteiger partial charge in [0.1, 0.15) is 5.75 Å². The van der Waals surface area contributed by atoms with E-state index in [1.165, 1.54) is 11.1 Å². The van der Waals surface area contributed by atoms with E-state index in [2.05, 4.69) is 23.5 Å². The number of ether oxygens (including phenoxy) is 1. The second kappa shape index (κ2) is 7.19. The molecule has 0 unspecified atom stereocenters. The van der Waals surface area contributed by atoms with Crippen LogP contribution in [0.25, 0.3) is 0 Å². The number of methoxy groups -OCH3 is 1. The third-order valence-corrected chi connectivity index (χ3v) is 5.77. The fourth-order valence-corrected chi connectivity index (χ4v) is 4.18. The summed E-state index contributed by atoms with van der Waals surface area (Å²) in [5.74, 6) is 0.947. The van der Waals surface area contributed by atoms with Crippen molar-refractivity contribution in [3.05, 3.63) is 59.2 Å². The molecule has 2 aromatic rings. The summed E-state index contributed by atoms with van der Waals surface area (Å²) >= 11 is 5.64.